The topological polar surface area (TPSA) is 94.3 Å². The maximum atomic E-state index is 11.8. The predicted octanol–water partition coefficient (Wildman–Crippen LogP) is 1.45. The molecule has 0 radical (unpaired) electrons. The van der Waals surface area contributed by atoms with Gasteiger partial charge < -0.3 is 14.6 Å². The normalized spacial score (nSPS) is 10.4. The average Bonchev–Trinajstić information content (AvgIpc) is 3.15. The summed E-state index contributed by atoms with van der Waals surface area (Å²) in [6.07, 6.45) is 3.46. The van der Waals surface area contributed by atoms with Gasteiger partial charge in [0.05, 0.1) is 12.1 Å². The van der Waals surface area contributed by atoms with Gasteiger partial charge in [-0.15, -0.1) is 11.3 Å². The zero-order valence-corrected chi connectivity index (χ0v) is 12.5. The summed E-state index contributed by atoms with van der Waals surface area (Å²) in [6, 6.07) is 1.25. The zero-order chi connectivity index (χ0) is 15.2. The lowest BCUT2D eigenvalue weighted by Crippen LogP contribution is -2.25. The molecule has 0 aliphatic heterocycles. The molecule has 0 aliphatic rings. The molecule has 0 fully saturated rings. The number of hydrogen-bond donors (Lipinski definition) is 1. The molecule has 112 valence electrons. The summed E-state index contributed by atoms with van der Waals surface area (Å²) >= 11 is 1.63. The Morgan fingerprint density at radius 2 is 2.29 bits per heavy atom. The van der Waals surface area contributed by atoms with Crippen molar-refractivity contribution >= 4 is 23.2 Å². The molecule has 1 amide bonds. The Bertz CT molecular complexity index is 635. The van der Waals surface area contributed by atoms with Crippen LogP contribution in [0.15, 0.2) is 16.8 Å². The SMILES string of the molecule is CCc1cnc(CCNC(=O)c2cc(C(=O)OC)on2)s1. The van der Waals surface area contributed by atoms with E-state index in [-0.39, 0.29) is 11.5 Å². The van der Waals surface area contributed by atoms with E-state index in [0.717, 1.165) is 11.4 Å². The van der Waals surface area contributed by atoms with Crippen LogP contribution in [-0.4, -0.2) is 35.7 Å². The third-order valence-electron chi connectivity index (χ3n) is 2.70. The van der Waals surface area contributed by atoms with E-state index in [0.29, 0.717) is 13.0 Å². The first-order valence-electron chi connectivity index (χ1n) is 6.40. The summed E-state index contributed by atoms with van der Waals surface area (Å²) in [7, 11) is 1.23. The maximum Gasteiger partial charge on any atom is 0.376 e. The number of hydrogen-bond acceptors (Lipinski definition) is 7. The number of nitrogens with zero attached hydrogens (tertiary/aromatic N) is 2. The first kappa shape index (κ1) is 15.2. The Hall–Kier alpha value is -2.22. The first-order chi connectivity index (χ1) is 10.1. The van der Waals surface area contributed by atoms with Crippen LogP contribution in [0, 0.1) is 0 Å². The van der Waals surface area contributed by atoms with Gasteiger partial charge >= 0.3 is 5.97 Å². The van der Waals surface area contributed by atoms with Crippen molar-refractivity contribution in [2.24, 2.45) is 0 Å². The molecule has 0 saturated carbocycles. The number of esters is 1. The molecule has 0 unspecified atom stereocenters. The van der Waals surface area contributed by atoms with Crippen LogP contribution in [-0.2, 0) is 17.6 Å². The summed E-state index contributed by atoms with van der Waals surface area (Å²) in [5, 5.41) is 7.20. The van der Waals surface area contributed by atoms with Crippen molar-refractivity contribution in [1.82, 2.24) is 15.5 Å². The molecule has 2 rings (SSSR count). The Balaban J connectivity index is 1.84. The van der Waals surface area contributed by atoms with E-state index in [1.807, 2.05) is 6.20 Å². The summed E-state index contributed by atoms with van der Waals surface area (Å²) in [5.41, 5.74) is 0.0452. The second-order valence-electron chi connectivity index (χ2n) is 4.15. The fourth-order valence-electron chi connectivity index (χ4n) is 1.58. The summed E-state index contributed by atoms with van der Waals surface area (Å²) in [6.45, 7) is 2.51. The molecular weight excluding hydrogens is 294 g/mol. The van der Waals surface area contributed by atoms with Gasteiger partial charge in [0.25, 0.3) is 5.91 Å². The van der Waals surface area contributed by atoms with Crippen molar-refractivity contribution < 1.29 is 18.8 Å². The van der Waals surface area contributed by atoms with Crippen LogP contribution in [0.25, 0.3) is 0 Å². The van der Waals surface area contributed by atoms with E-state index in [1.165, 1.54) is 18.1 Å². The Morgan fingerprint density at radius 3 is 2.95 bits per heavy atom. The summed E-state index contributed by atoms with van der Waals surface area (Å²) in [5.74, 6) is -1.17. The number of methoxy groups -OCH3 is 1. The second-order valence-corrected chi connectivity index (χ2v) is 5.35. The van der Waals surface area contributed by atoms with Crippen LogP contribution in [0.1, 0.15) is 37.9 Å². The molecule has 2 aromatic rings. The lowest BCUT2D eigenvalue weighted by Gasteiger charge is -1.99. The molecule has 0 spiro atoms. The van der Waals surface area contributed by atoms with E-state index < -0.39 is 11.9 Å². The first-order valence-corrected chi connectivity index (χ1v) is 7.22. The van der Waals surface area contributed by atoms with Gasteiger partial charge in [-0.25, -0.2) is 9.78 Å². The fraction of sp³-hybridized carbons (Fsp3) is 0.385. The van der Waals surface area contributed by atoms with Crippen LogP contribution < -0.4 is 5.32 Å². The zero-order valence-electron chi connectivity index (χ0n) is 11.7. The van der Waals surface area contributed by atoms with Gasteiger partial charge in [0, 0.05) is 30.1 Å². The molecule has 0 saturated heterocycles. The highest BCUT2D eigenvalue weighted by atomic mass is 32.1. The van der Waals surface area contributed by atoms with Crippen LogP contribution in [0.4, 0.5) is 0 Å². The Kier molecular flexibility index (Phi) is 5.04. The predicted molar refractivity (Wildman–Crippen MR) is 75.4 cm³/mol. The van der Waals surface area contributed by atoms with Crippen molar-refractivity contribution in [2.75, 3.05) is 13.7 Å². The quantitative estimate of drug-likeness (QED) is 0.812. The van der Waals surface area contributed by atoms with Gasteiger partial charge in [-0.3, -0.25) is 4.79 Å². The molecule has 2 aromatic heterocycles. The monoisotopic (exact) mass is 309 g/mol. The Labute approximate surface area is 125 Å². The van der Waals surface area contributed by atoms with E-state index in [2.05, 4.69) is 27.1 Å². The van der Waals surface area contributed by atoms with Gasteiger partial charge in [0.15, 0.2) is 5.69 Å². The molecule has 0 atom stereocenters. The number of amides is 1. The number of carbonyl (C=O) groups excluding carboxylic acids is 2. The number of thiazole rings is 1. The van der Waals surface area contributed by atoms with Gasteiger partial charge in [-0.1, -0.05) is 12.1 Å². The van der Waals surface area contributed by atoms with Gasteiger partial charge in [0.1, 0.15) is 0 Å². The maximum absolute atomic E-state index is 11.8. The Morgan fingerprint density at radius 1 is 1.48 bits per heavy atom. The van der Waals surface area contributed by atoms with Crippen LogP contribution >= 0.6 is 11.3 Å². The minimum Gasteiger partial charge on any atom is -0.463 e. The smallest absolute Gasteiger partial charge is 0.376 e. The van der Waals surface area contributed by atoms with Crippen molar-refractivity contribution in [1.29, 1.82) is 0 Å². The van der Waals surface area contributed by atoms with Crippen molar-refractivity contribution in [3.8, 4) is 0 Å². The largest absolute Gasteiger partial charge is 0.463 e. The van der Waals surface area contributed by atoms with Crippen LogP contribution in [0.3, 0.4) is 0 Å². The number of carbonyl (C=O) groups is 2. The highest BCUT2D eigenvalue weighted by Crippen LogP contribution is 2.13. The van der Waals surface area contributed by atoms with E-state index in [4.69, 9.17) is 4.52 Å². The number of nitrogens with one attached hydrogen (secondary N) is 1. The van der Waals surface area contributed by atoms with E-state index in [9.17, 15) is 9.59 Å². The molecule has 7 nitrogen and oxygen atoms in total. The standard InChI is InChI=1S/C13H15N3O4S/c1-3-8-7-15-11(21-8)4-5-14-12(17)9-6-10(20-16-9)13(18)19-2/h6-7H,3-5H2,1-2H3,(H,14,17). The van der Waals surface area contributed by atoms with Crippen molar-refractivity contribution in [3.05, 3.63) is 33.6 Å². The molecule has 0 bridgehead atoms. The number of aryl methyl sites for hydroxylation is 1. The van der Waals surface area contributed by atoms with Crippen LogP contribution in [0.2, 0.25) is 0 Å². The fourth-order valence-corrected chi connectivity index (χ4v) is 2.44. The lowest BCUT2D eigenvalue weighted by molar-refractivity contribution is 0.0554. The molecule has 2 heterocycles. The highest BCUT2D eigenvalue weighted by Gasteiger charge is 2.17. The average molecular weight is 309 g/mol. The lowest BCUT2D eigenvalue weighted by atomic mass is 10.3. The van der Waals surface area contributed by atoms with Gasteiger partial charge in [0.2, 0.25) is 5.76 Å². The van der Waals surface area contributed by atoms with Gasteiger partial charge in [-0.2, -0.15) is 0 Å². The number of ether oxygens (including phenoxy) is 1. The summed E-state index contributed by atoms with van der Waals surface area (Å²) < 4.78 is 9.20. The summed E-state index contributed by atoms with van der Waals surface area (Å²) in [4.78, 5) is 28.5. The van der Waals surface area contributed by atoms with Crippen molar-refractivity contribution in [2.45, 2.75) is 19.8 Å². The molecule has 0 aliphatic carbocycles. The van der Waals surface area contributed by atoms with E-state index in [1.54, 1.807) is 11.3 Å². The van der Waals surface area contributed by atoms with E-state index >= 15 is 0 Å². The van der Waals surface area contributed by atoms with Crippen LogP contribution in [0.5, 0.6) is 0 Å². The molecule has 21 heavy (non-hydrogen) atoms. The number of rotatable bonds is 6. The minimum atomic E-state index is -0.670. The molecule has 8 heteroatoms. The second kappa shape index (κ2) is 6.98. The molecule has 0 aromatic carbocycles. The number of aromatic nitrogens is 2. The minimum absolute atomic E-state index is 0.0452. The molecular formula is C13H15N3O4S. The third kappa shape index (κ3) is 3.88. The third-order valence-corrected chi connectivity index (χ3v) is 3.91. The van der Waals surface area contributed by atoms with Gasteiger partial charge in [-0.05, 0) is 6.42 Å². The van der Waals surface area contributed by atoms with Crippen molar-refractivity contribution in [3.63, 3.8) is 0 Å². The highest BCUT2D eigenvalue weighted by molar-refractivity contribution is 7.11. The molecule has 1 N–H and O–H groups in total.